The third-order valence-corrected chi connectivity index (χ3v) is 4.55. The Kier molecular flexibility index (Phi) is 4.18. The molecule has 3 nitrogen and oxygen atoms in total. The Balaban J connectivity index is 1.65. The SMILES string of the molecule is Brc1ccc(CNc2cccc(Cn3cccn3)c2)s1. The van der Waals surface area contributed by atoms with Gasteiger partial charge in [0, 0.05) is 29.5 Å². The van der Waals surface area contributed by atoms with E-state index in [4.69, 9.17) is 0 Å². The summed E-state index contributed by atoms with van der Waals surface area (Å²) in [7, 11) is 0. The van der Waals surface area contributed by atoms with E-state index in [9.17, 15) is 0 Å². The summed E-state index contributed by atoms with van der Waals surface area (Å²) in [6.45, 7) is 1.65. The second-order valence-corrected chi connectivity index (χ2v) is 7.01. The number of rotatable bonds is 5. The average molecular weight is 348 g/mol. The zero-order valence-corrected chi connectivity index (χ0v) is 13.2. The Bertz CT molecular complexity index is 676. The van der Waals surface area contributed by atoms with Crippen molar-refractivity contribution in [3.8, 4) is 0 Å². The van der Waals surface area contributed by atoms with Crippen LogP contribution in [0.15, 0.2) is 58.6 Å². The molecule has 1 aromatic carbocycles. The van der Waals surface area contributed by atoms with Gasteiger partial charge in [0.05, 0.1) is 10.3 Å². The highest BCUT2D eigenvalue weighted by molar-refractivity contribution is 9.11. The molecule has 1 N–H and O–H groups in total. The first-order chi connectivity index (χ1) is 9.79. The van der Waals surface area contributed by atoms with E-state index in [1.807, 2.05) is 16.9 Å². The lowest BCUT2D eigenvalue weighted by molar-refractivity contribution is 0.687. The van der Waals surface area contributed by atoms with Crippen molar-refractivity contribution in [2.75, 3.05) is 5.32 Å². The molecule has 0 atom stereocenters. The first-order valence-corrected chi connectivity index (χ1v) is 7.95. The van der Waals surface area contributed by atoms with Crippen molar-refractivity contribution in [2.45, 2.75) is 13.1 Å². The summed E-state index contributed by atoms with van der Waals surface area (Å²) in [5, 5.41) is 7.68. The van der Waals surface area contributed by atoms with E-state index < -0.39 is 0 Å². The fourth-order valence-electron chi connectivity index (χ4n) is 2.00. The molecule has 0 aliphatic carbocycles. The third-order valence-electron chi connectivity index (χ3n) is 2.93. The molecule has 0 unspecified atom stereocenters. The van der Waals surface area contributed by atoms with E-state index in [1.54, 1.807) is 17.5 Å². The number of anilines is 1. The molecule has 0 radical (unpaired) electrons. The van der Waals surface area contributed by atoms with Gasteiger partial charge in [0.1, 0.15) is 0 Å². The maximum absolute atomic E-state index is 4.23. The molecular weight excluding hydrogens is 334 g/mol. The predicted octanol–water partition coefficient (Wildman–Crippen LogP) is 4.37. The summed E-state index contributed by atoms with van der Waals surface area (Å²) in [6.07, 6.45) is 3.78. The zero-order valence-electron chi connectivity index (χ0n) is 10.8. The second kappa shape index (κ2) is 6.24. The van der Waals surface area contributed by atoms with Crippen molar-refractivity contribution < 1.29 is 0 Å². The molecule has 20 heavy (non-hydrogen) atoms. The van der Waals surface area contributed by atoms with Gasteiger partial charge < -0.3 is 5.32 Å². The molecule has 0 saturated heterocycles. The van der Waals surface area contributed by atoms with Crippen LogP contribution in [0, 0.1) is 0 Å². The van der Waals surface area contributed by atoms with Gasteiger partial charge >= 0.3 is 0 Å². The molecule has 0 bridgehead atoms. The average Bonchev–Trinajstić information content (AvgIpc) is 3.09. The largest absolute Gasteiger partial charge is 0.380 e. The van der Waals surface area contributed by atoms with E-state index >= 15 is 0 Å². The predicted molar refractivity (Wildman–Crippen MR) is 87.1 cm³/mol. The van der Waals surface area contributed by atoms with Gasteiger partial charge in [-0.1, -0.05) is 12.1 Å². The Morgan fingerprint density at radius 2 is 2.15 bits per heavy atom. The summed E-state index contributed by atoms with van der Waals surface area (Å²) >= 11 is 5.24. The van der Waals surface area contributed by atoms with Crippen molar-refractivity contribution >= 4 is 33.0 Å². The summed E-state index contributed by atoms with van der Waals surface area (Å²) in [6, 6.07) is 14.6. The number of aromatic nitrogens is 2. The van der Waals surface area contributed by atoms with Gasteiger partial charge in [-0.05, 0) is 51.8 Å². The van der Waals surface area contributed by atoms with Gasteiger partial charge in [-0.25, -0.2) is 0 Å². The van der Waals surface area contributed by atoms with Crippen LogP contribution in [0.25, 0.3) is 0 Å². The lowest BCUT2D eigenvalue weighted by Crippen LogP contribution is -2.02. The Hall–Kier alpha value is -1.59. The first-order valence-electron chi connectivity index (χ1n) is 6.34. The van der Waals surface area contributed by atoms with E-state index in [-0.39, 0.29) is 0 Å². The maximum atomic E-state index is 4.23. The molecule has 2 aromatic heterocycles. The van der Waals surface area contributed by atoms with Gasteiger partial charge in [-0.2, -0.15) is 5.10 Å². The number of thiophene rings is 1. The molecule has 0 aliphatic rings. The maximum Gasteiger partial charge on any atom is 0.0702 e. The molecule has 0 saturated carbocycles. The van der Waals surface area contributed by atoms with Crippen molar-refractivity contribution in [2.24, 2.45) is 0 Å². The Morgan fingerprint density at radius 1 is 1.20 bits per heavy atom. The zero-order chi connectivity index (χ0) is 13.8. The number of nitrogens with one attached hydrogen (secondary N) is 1. The van der Waals surface area contributed by atoms with E-state index in [1.165, 1.54) is 14.2 Å². The Morgan fingerprint density at radius 3 is 2.90 bits per heavy atom. The fourth-order valence-corrected chi connectivity index (χ4v) is 3.42. The monoisotopic (exact) mass is 347 g/mol. The van der Waals surface area contributed by atoms with Gasteiger partial charge in [-0.15, -0.1) is 11.3 Å². The molecule has 102 valence electrons. The summed E-state index contributed by atoms with van der Waals surface area (Å²) in [5.74, 6) is 0. The van der Waals surface area contributed by atoms with Crippen molar-refractivity contribution in [3.63, 3.8) is 0 Å². The highest BCUT2D eigenvalue weighted by atomic mass is 79.9. The molecule has 0 spiro atoms. The molecule has 3 rings (SSSR count). The van der Waals surface area contributed by atoms with Gasteiger partial charge in [0.2, 0.25) is 0 Å². The molecule has 0 fully saturated rings. The minimum absolute atomic E-state index is 0.799. The molecule has 2 heterocycles. The van der Waals surface area contributed by atoms with E-state index in [0.29, 0.717) is 0 Å². The van der Waals surface area contributed by atoms with E-state index in [2.05, 4.69) is 62.7 Å². The lowest BCUT2D eigenvalue weighted by atomic mass is 10.2. The highest BCUT2D eigenvalue weighted by Gasteiger charge is 2.00. The van der Waals surface area contributed by atoms with Gasteiger partial charge in [0.25, 0.3) is 0 Å². The van der Waals surface area contributed by atoms with Crippen LogP contribution in [0.1, 0.15) is 10.4 Å². The number of hydrogen-bond acceptors (Lipinski definition) is 3. The quantitative estimate of drug-likeness (QED) is 0.742. The number of hydrogen-bond donors (Lipinski definition) is 1. The minimum atomic E-state index is 0.799. The lowest BCUT2D eigenvalue weighted by Gasteiger charge is -2.08. The van der Waals surface area contributed by atoms with Crippen molar-refractivity contribution in [1.29, 1.82) is 0 Å². The smallest absolute Gasteiger partial charge is 0.0702 e. The number of halogens is 1. The topological polar surface area (TPSA) is 29.9 Å². The third kappa shape index (κ3) is 3.49. The van der Waals surface area contributed by atoms with Crippen LogP contribution in [0.4, 0.5) is 5.69 Å². The van der Waals surface area contributed by atoms with Crippen LogP contribution < -0.4 is 5.32 Å². The highest BCUT2D eigenvalue weighted by Crippen LogP contribution is 2.23. The van der Waals surface area contributed by atoms with Crippen molar-refractivity contribution in [3.05, 3.63) is 69.1 Å². The molecular formula is C15H14BrN3S. The van der Waals surface area contributed by atoms with Crippen LogP contribution in [0.2, 0.25) is 0 Å². The second-order valence-electron chi connectivity index (χ2n) is 4.46. The standard InChI is InChI=1S/C15H14BrN3S/c16-15-6-5-14(20-15)10-17-13-4-1-3-12(9-13)11-19-8-2-7-18-19/h1-9,17H,10-11H2. The first kappa shape index (κ1) is 13.4. The molecule has 3 aromatic rings. The van der Waals surface area contributed by atoms with Crippen LogP contribution in [0.3, 0.4) is 0 Å². The van der Waals surface area contributed by atoms with Crippen LogP contribution in [-0.2, 0) is 13.1 Å². The molecule has 0 aliphatic heterocycles. The van der Waals surface area contributed by atoms with Gasteiger partial charge in [-0.3, -0.25) is 4.68 Å². The normalized spacial score (nSPS) is 10.7. The van der Waals surface area contributed by atoms with Crippen LogP contribution >= 0.6 is 27.3 Å². The summed E-state index contributed by atoms with van der Waals surface area (Å²) < 4.78 is 3.09. The Labute approximate surface area is 130 Å². The number of benzene rings is 1. The van der Waals surface area contributed by atoms with Crippen LogP contribution in [-0.4, -0.2) is 9.78 Å². The fraction of sp³-hybridized carbons (Fsp3) is 0.133. The summed E-state index contributed by atoms with van der Waals surface area (Å²) in [5.41, 5.74) is 2.38. The molecule has 5 heteroatoms. The number of nitrogens with zero attached hydrogens (tertiary/aromatic N) is 2. The van der Waals surface area contributed by atoms with Gasteiger partial charge in [0.15, 0.2) is 0 Å². The van der Waals surface area contributed by atoms with E-state index in [0.717, 1.165) is 18.8 Å². The van der Waals surface area contributed by atoms with Crippen molar-refractivity contribution in [1.82, 2.24) is 9.78 Å². The summed E-state index contributed by atoms with van der Waals surface area (Å²) in [4.78, 5) is 1.31. The molecule has 0 amide bonds. The minimum Gasteiger partial charge on any atom is -0.380 e. The van der Waals surface area contributed by atoms with Crippen LogP contribution in [0.5, 0.6) is 0 Å².